The quantitative estimate of drug-likeness (QED) is 0.434. The van der Waals surface area contributed by atoms with Crippen molar-refractivity contribution in [2.75, 3.05) is 10.6 Å². The van der Waals surface area contributed by atoms with Crippen LogP contribution in [0.3, 0.4) is 0 Å². The first-order valence-corrected chi connectivity index (χ1v) is 8.50. The third-order valence-electron chi connectivity index (χ3n) is 3.21. The van der Waals surface area contributed by atoms with E-state index in [0.29, 0.717) is 15.9 Å². The number of hydrogen-bond acceptors (Lipinski definition) is 3. The molecule has 0 bridgehead atoms. The van der Waals surface area contributed by atoms with E-state index in [2.05, 4.69) is 26.6 Å². The maximum Gasteiger partial charge on any atom is 0.266 e. The number of anilines is 2. The van der Waals surface area contributed by atoms with E-state index in [-0.39, 0.29) is 11.5 Å². The van der Waals surface area contributed by atoms with Gasteiger partial charge in [0.1, 0.15) is 11.6 Å². The zero-order valence-corrected chi connectivity index (χ0v) is 15.6. The number of nitrogens with zero attached hydrogens (tertiary/aromatic N) is 1. The zero-order valence-electron chi connectivity index (χ0n) is 14.0. The molecule has 0 atom stereocenters. The molecule has 0 heterocycles. The van der Waals surface area contributed by atoms with Crippen LogP contribution in [0.15, 0.2) is 70.7 Å². The molecule has 0 spiro atoms. The Balaban J connectivity index is 2.09. The number of carbonyl (C=O) groups is 2. The third kappa shape index (κ3) is 6.04. The molecule has 0 aromatic heterocycles. The minimum atomic E-state index is -0.516. The second kappa shape index (κ2) is 9.35. The van der Waals surface area contributed by atoms with Crippen LogP contribution < -0.4 is 10.6 Å². The predicted molar refractivity (Wildman–Crippen MR) is 106 cm³/mol. The predicted octanol–water partition coefficient (Wildman–Crippen LogP) is 4.47. The van der Waals surface area contributed by atoms with Crippen molar-refractivity contribution in [2.24, 2.45) is 0 Å². The summed E-state index contributed by atoms with van der Waals surface area (Å²) in [6.45, 7) is 1.42. The third-order valence-corrected chi connectivity index (χ3v) is 3.67. The number of carbonyl (C=O) groups excluding carboxylic acids is 2. The molecule has 2 N–H and O–H groups in total. The first kappa shape index (κ1) is 19.2. The van der Waals surface area contributed by atoms with E-state index in [1.54, 1.807) is 24.3 Å². The van der Waals surface area contributed by atoms with Crippen LogP contribution in [-0.2, 0) is 9.59 Å². The summed E-state index contributed by atoms with van der Waals surface area (Å²) in [6, 6.07) is 18.1. The summed E-state index contributed by atoms with van der Waals surface area (Å²) in [6.07, 6.45) is 3.28. The van der Waals surface area contributed by atoms with Crippen molar-refractivity contribution in [3.8, 4) is 6.07 Å². The summed E-state index contributed by atoms with van der Waals surface area (Å²) >= 11 is 3.36. The van der Waals surface area contributed by atoms with Gasteiger partial charge in [0, 0.05) is 22.8 Å². The molecule has 5 nitrogen and oxygen atoms in total. The molecule has 0 unspecified atom stereocenters. The van der Waals surface area contributed by atoms with Gasteiger partial charge in [-0.25, -0.2) is 0 Å². The van der Waals surface area contributed by atoms with Crippen LogP contribution in [0, 0.1) is 11.3 Å². The van der Waals surface area contributed by atoms with E-state index in [9.17, 15) is 14.9 Å². The SMILES string of the molecule is CC(=O)Nc1ccc(NC(=O)/C(C#N)=C/C(Br)=C/c2ccccc2)cc1. The summed E-state index contributed by atoms with van der Waals surface area (Å²) in [4.78, 5) is 23.3. The monoisotopic (exact) mass is 409 g/mol. The Labute approximate surface area is 160 Å². The van der Waals surface area contributed by atoms with E-state index in [4.69, 9.17) is 0 Å². The zero-order chi connectivity index (χ0) is 18.9. The summed E-state index contributed by atoms with van der Waals surface area (Å²) in [5.41, 5.74) is 2.06. The lowest BCUT2D eigenvalue weighted by atomic mass is 10.2. The van der Waals surface area contributed by atoms with Crippen molar-refractivity contribution < 1.29 is 9.59 Å². The molecular weight excluding hydrogens is 394 g/mol. The second-order valence-corrected chi connectivity index (χ2v) is 6.24. The topological polar surface area (TPSA) is 82.0 Å². The van der Waals surface area contributed by atoms with Crippen LogP contribution in [0.1, 0.15) is 12.5 Å². The minimum absolute atomic E-state index is 0.0324. The molecule has 2 aromatic rings. The first-order valence-electron chi connectivity index (χ1n) is 7.71. The Morgan fingerprint density at radius 3 is 2.12 bits per heavy atom. The van der Waals surface area contributed by atoms with Crippen LogP contribution >= 0.6 is 15.9 Å². The van der Waals surface area contributed by atoms with Gasteiger partial charge in [0.15, 0.2) is 0 Å². The Hall–Kier alpha value is -3.17. The summed E-state index contributed by atoms with van der Waals surface area (Å²) < 4.78 is 0.608. The average Bonchev–Trinajstić information content (AvgIpc) is 2.61. The summed E-state index contributed by atoms with van der Waals surface area (Å²) in [5, 5.41) is 14.5. The number of nitriles is 1. The fourth-order valence-electron chi connectivity index (χ4n) is 2.08. The molecule has 6 heteroatoms. The van der Waals surface area contributed by atoms with Gasteiger partial charge < -0.3 is 10.6 Å². The van der Waals surface area contributed by atoms with E-state index in [1.807, 2.05) is 42.5 Å². The van der Waals surface area contributed by atoms with Crippen LogP contribution in [0.2, 0.25) is 0 Å². The van der Waals surface area contributed by atoms with Gasteiger partial charge in [-0.05, 0) is 42.0 Å². The molecule has 0 aliphatic rings. The van der Waals surface area contributed by atoms with E-state index in [1.165, 1.54) is 13.0 Å². The van der Waals surface area contributed by atoms with Crippen LogP contribution in [0.4, 0.5) is 11.4 Å². The molecule has 2 amide bonds. The van der Waals surface area contributed by atoms with Gasteiger partial charge in [0.25, 0.3) is 5.91 Å². The molecule has 0 aliphatic heterocycles. The van der Waals surface area contributed by atoms with Crippen molar-refractivity contribution in [2.45, 2.75) is 6.92 Å². The number of amides is 2. The molecule has 2 rings (SSSR count). The molecule has 130 valence electrons. The van der Waals surface area contributed by atoms with Gasteiger partial charge in [0.2, 0.25) is 5.91 Å². The number of nitrogens with one attached hydrogen (secondary N) is 2. The molecule has 0 aliphatic carbocycles. The van der Waals surface area contributed by atoms with E-state index >= 15 is 0 Å². The Morgan fingerprint density at radius 1 is 1.00 bits per heavy atom. The van der Waals surface area contributed by atoms with Gasteiger partial charge in [-0.2, -0.15) is 5.26 Å². The highest BCUT2D eigenvalue weighted by molar-refractivity contribution is 9.12. The molecule has 0 saturated carbocycles. The lowest BCUT2D eigenvalue weighted by Crippen LogP contribution is -2.13. The molecular formula is C20H16BrN3O2. The van der Waals surface area contributed by atoms with Crippen molar-refractivity contribution in [3.05, 3.63) is 76.3 Å². The minimum Gasteiger partial charge on any atom is -0.326 e. The highest BCUT2D eigenvalue weighted by Crippen LogP contribution is 2.17. The van der Waals surface area contributed by atoms with E-state index in [0.717, 1.165) is 5.56 Å². The highest BCUT2D eigenvalue weighted by atomic mass is 79.9. The lowest BCUT2D eigenvalue weighted by molar-refractivity contribution is -0.114. The highest BCUT2D eigenvalue weighted by Gasteiger charge is 2.10. The Morgan fingerprint density at radius 2 is 1.58 bits per heavy atom. The first-order chi connectivity index (χ1) is 12.5. The standard InChI is InChI=1S/C20H16BrN3O2/c1-14(25)23-18-7-9-19(10-8-18)24-20(26)16(13-22)12-17(21)11-15-5-3-2-4-6-15/h2-12H,1H3,(H,23,25)(H,24,26)/b16-12+,17-11-. The van der Waals surface area contributed by atoms with Gasteiger partial charge >= 0.3 is 0 Å². The van der Waals surface area contributed by atoms with Gasteiger partial charge in [-0.3, -0.25) is 9.59 Å². The molecule has 0 fully saturated rings. The van der Waals surface area contributed by atoms with Gasteiger partial charge in [-0.15, -0.1) is 0 Å². The maximum atomic E-state index is 12.3. The normalized spacial score (nSPS) is 11.4. The molecule has 26 heavy (non-hydrogen) atoms. The average molecular weight is 410 g/mol. The van der Waals surface area contributed by atoms with Crippen molar-refractivity contribution in [3.63, 3.8) is 0 Å². The number of benzene rings is 2. The Kier molecular flexibility index (Phi) is 6.89. The van der Waals surface area contributed by atoms with Gasteiger partial charge in [-0.1, -0.05) is 46.3 Å². The van der Waals surface area contributed by atoms with Crippen LogP contribution in [0.5, 0.6) is 0 Å². The summed E-state index contributed by atoms with van der Waals surface area (Å²) in [7, 11) is 0. The number of halogens is 1. The van der Waals surface area contributed by atoms with Crippen molar-refractivity contribution >= 4 is 45.2 Å². The second-order valence-electron chi connectivity index (χ2n) is 5.32. The number of hydrogen-bond donors (Lipinski definition) is 2. The fraction of sp³-hybridized carbons (Fsp3) is 0.0500. The van der Waals surface area contributed by atoms with Gasteiger partial charge in [0.05, 0.1) is 0 Å². The summed E-state index contributed by atoms with van der Waals surface area (Å²) in [5.74, 6) is -0.690. The number of allylic oxidation sites excluding steroid dienone is 2. The fourth-order valence-corrected chi connectivity index (χ4v) is 2.57. The Bertz CT molecular complexity index is 895. The molecule has 2 aromatic carbocycles. The maximum absolute atomic E-state index is 12.3. The van der Waals surface area contributed by atoms with E-state index < -0.39 is 5.91 Å². The smallest absolute Gasteiger partial charge is 0.266 e. The number of rotatable bonds is 5. The van der Waals surface area contributed by atoms with Crippen LogP contribution in [0.25, 0.3) is 6.08 Å². The van der Waals surface area contributed by atoms with Crippen molar-refractivity contribution in [1.82, 2.24) is 0 Å². The molecule has 0 saturated heterocycles. The van der Waals surface area contributed by atoms with Crippen LogP contribution in [-0.4, -0.2) is 11.8 Å². The lowest BCUT2D eigenvalue weighted by Gasteiger charge is -2.06. The molecule has 0 radical (unpaired) electrons. The largest absolute Gasteiger partial charge is 0.326 e. The van der Waals surface area contributed by atoms with Crippen molar-refractivity contribution in [1.29, 1.82) is 5.26 Å².